The van der Waals surface area contributed by atoms with E-state index in [0.717, 1.165) is 74.7 Å². The van der Waals surface area contributed by atoms with E-state index in [-0.39, 0.29) is 0 Å². The Bertz CT molecular complexity index is 842. The van der Waals surface area contributed by atoms with Crippen molar-refractivity contribution in [3.05, 3.63) is 6.20 Å². The van der Waals surface area contributed by atoms with Crippen LogP contribution in [0, 0.1) is 0 Å². The number of fused-ring (bicyclic) bond motifs is 1. The molecule has 0 amide bonds. The van der Waals surface area contributed by atoms with E-state index in [4.69, 9.17) is 9.97 Å². The smallest absolute Gasteiger partial charge is 0.229 e. The van der Waals surface area contributed by atoms with Crippen LogP contribution in [0.5, 0.6) is 0 Å². The van der Waals surface area contributed by atoms with Crippen molar-refractivity contribution in [2.75, 3.05) is 68.7 Å². The molecule has 2 aromatic heterocycles. The molecule has 0 radical (unpaired) electrons. The van der Waals surface area contributed by atoms with Crippen molar-refractivity contribution in [2.45, 2.75) is 45.1 Å². The minimum Gasteiger partial charge on any atom is -0.353 e. The number of hydrogen-bond donors (Lipinski definition) is 0. The minimum atomic E-state index is 0.739. The number of nitrogens with zero attached hydrogens (tertiary/aromatic N) is 8. The molecule has 0 aromatic carbocycles. The number of likely N-dealkylation sites (N-methyl/N-ethyl adjacent to an activating group) is 1. The average Bonchev–Trinajstić information content (AvgIpc) is 3.20. The van der Waals surface area contributed by atoms with E-state index in [9.17, 15) is 0 Å². The Morgan fingerprint density at radius 1 is 0.867 bits per heavy atom. The summed E-state index contributed by atoms with van der Waals surface area (Å²) in [6.07, 6.45) is 8.52. The first kappa shape index (κ1) is 20.0. The first-order chi connectivity index (χ1) is 14.7. The zero-order valence-electron chi connectivity index (χ0n) is 18.6. The van der Waals surface area contributed by atoms with Crippen LogP contribution in [0.4, 0.5) is 11.8 Å². The van der Waals surface area contributed by atoms with Crippen LogP contribution in [0.1, 0.15) is 39.0 Å². The average molecular weight is 413 g/mol. The van der Waals surface area contributed by atoms with Crippen LogP contribution < -0.4 is 9.80 Å². The largest absolute Gasteiger partial charge is 0.353 e. The second kappa shape index (κ2) is 8.67. The highest BCUT2D eigenvalue weighted by Gasteiger charge is 2.28. The van der Waals surface area contributed by atoms with E-state index in [2.05, 4.69) is 31.6 Å². The predicted molar refractivity (Wildman–Crippen MR) is 121 cm³/mol. The Morgan fingerprint density at radius 2 is 1.60 bits per heavy atom. The second-order valence-corrected chi connectivity index (χ2v) is 9.09. The van der Waals surface area contributed by atoms with Gasteiger partial charge in [-0.05, 0) is 45.3 Å². The molecule has 3 saturated heterocycles. The minimum absolute atomic E-state index is 0.739. The number of piperazine rings is 1. The Morgan fingerprint density at radius 3 is 2.30 bits per heavy atom. The van der Waals surface area contributed by atoms with Gasteiger partial charge in [0, 0.05) is 52.4 Å². The third-order valence-electron chi connectivity index (χ3n) is 7.33. The summed E-state index contributed by atoms with van der Waals surface area (Å²) in [7, 11) is 1.99. The molecule has 0 saturated carbocycles. The topological polar surface area (TPSA) is 56.6 Å². The lowest BCUT2D eigenvalue weighted by atomic mass is 10.0. The quantitative estimate of drug-likeness (QED) is 0.761. The van der Waals surface area contributed by atoms with Gasteiger partial charge in [0.05, 0.1) is 11.6 Å². The predicted octanol–water partition coefficient (Wildman–Crippen LogP) is 1.96. The van der Waals surface area contributed by atoms with Crippen LogP contribution in [-0.4, -0.2) is 94.5 Å². The molecule has 0 N–H and O–H groups in total. The molecule has 8 heteroatoms. The summed E-state index contributed by atoms with van der Waals surface area (Å²) in [6, 6.07) is 0.739. The van der Waals surface area contributed by atoms with Gasteiger partial charge in [-0.2, -0.15) is 15.1 Å². The van der Waals surface area contributed by atoms with Gasteiger partial charge in [-0.3, -0.25) is 4.68 Å². The summed E-state index contributed by atoms with van der Waals surface area (Å²) < 4.78 is 1.90. The zero-order valence-corrected chi connectivity index (χ0v) is 18.6. The Balaban J connectivity index is 1.35. The van der Waals surface area contributed by atoms with Crippen molar-refractivity contribution in [1.29, 1.82) is 0 Å². The highest BCUT2D eigenvalue weighted by Crippen LogP contribution is 2.29. The molecule has 3 aliphatic heterocycles. The SMILES string of the molecule is CCN1CCN(c2nc(N3CCC(N4CCCCC4)CC3)nc3c2cnn3C)CC1. The number of aryl methyl sites for hydroxylation is 1. The van der Waals surface area contributed by atoms with Gasteiger partial charge in [0.2, 0.25) is 5.95 Å². The fourth-order valence-electron chi connectivity index (χ4n) is 5.37. The van der Waals surface area contributed by atoms with E-state index in [1.807, 2.05) is 17.9 Å². The normalized spacial score (nSPS) is 22.9. The van der Waals surface area contributed by atoms with Crippen LogP contribution in [0.25, 0.3) is 11.0 Å². The van der Waals surface area contributed by atoms with Crippen molar-refractivity contribution >= 4 is 22.8 Å². The van der Waals surface area contributed by atoms with Crippen molar-refractivity contribution in [1.82, 2.24) is 29.5 Å². The molecule has 5 rings (SSSR count). The van der Waals surface area contributed by atoms with Gasteiger partial charge in [0.15, 0.2) is 5.65 Å². The van der Waals surface area contributed by atoms with E-state index < -0.39 is 0 Å². The highest BCUT2D eigenvalue weighted by molar-refractivity contribution is 5.88. The number of anilines is 2. The molecule has 0 aliphatic carbocycles. The second-order valence-electron chi connectivity index (χ2n) is 9.09. The van der Waals surface area contributed by atoms with Crippen molar-refractivity contribution in [3.63, 3.8) is 0 Å². The van der Waals surface area contributed by atoms with Crippen LogP contribution in [0.2, 0.25) is 0 Å². The fraction of sp³-hybridized carbons (Fsp3) is 0.773. The first-order valence-corrected chi connectivity index (χ1v) is 11.9. The Kier molecular flexibility index (Phi) is 5.78. The summed E-state index contributed by atoms with van der Waals surface area (Å²) in [5, 5.41) is 5.57. The molecule has 30 heavy (non-hydrogen) atoms. The molecule has 0 spiro atoms. The molecule has 2 aromatic rings. The van der Waals surface area contributed by atoms with Crippen LogP contribution in [0.3, 0.4) is 0 Å². The number of aromatic nitrogens is 4. The summed E-state index contributed by atoms with van der Waals surface area (Å²) in [6.45, 7) is 12.3. The lowest BCUT2D eigenvalue weighted by Crippen LogP contribution is -2.48. The van der Waals surface area contributed by atoms with Crippen molar-refractivity contribution < 1.29 is 0 Å². The highest BCUT2D eigenvalue weighted by atomic mass is 15.4. The van der Waals surface area contributed by atoms with Gasteiger partial charge in [-0.15, -0.1) is 0 Å². The van der Waals surface area contributed by atoms with E-state index in [1.165, 1.54) is 45.2 Å². The van der Waals surface area contributed by atoms with Gasteiger partial charge in [-0.25, -0.2) is 0 Å². The number of likely N-dealkylation sites (tertiary alicyclic amines) is 1. The summed E-state index contributed by atoms with van der Waals surface area (Å²) >= 11 is 0. The van der Waals surface area contributed by atoms with Crippen molar-refractivity contribution in [2.24, 2.45) is 7.05 Å². The lowest BCUT2D eigenvalue weighted by Gasteiger charge is -2.40. The molecular weight excluding hydrogens is 376 g/mol. The fourth-order valence-corrected chi connectivity index (χ4v) is 5.37. The van der Waals surface area contributed by atoms with Gasteiger partial charge >= 0.3 is 0 Å². The molecule has 8 nitrogen and oxygen atoms in total. The van der Waals surface area contributed by atoms with Crippen LogP contribution in [-0.2, 0) is 7.05 Å². The third-order valence-corrected chi connectivity index (χ3v) is 7.33. The molecule has 3 aliphatic rings. The van der Waals surface area contributed by atoms with E-state index in [1.54, 1.807) is 0 Å². The maximum absolute atomic E-state index is 5.11. The van der Waals surface area contributed by atoms with Crippen molar-refractivity contribution in [3.8, 4) is 0 Å². The van der Waals surface area contributed by atoms with Crippen LogP contribution in [0.15, 0.2) is 6.20 Å². The standard InChI is InChI=1S/C22H36N8/c1-3-27-13-15-29(16-14-27)21-19-17-23-26(2)20(19)24-22(25-21)30-11-7-18(8-12-30)28-9-5-4-6-10-28/h17-18H,3-16H2,1-2H3. The molecule has 0 bridgehead atoms. The number of hydrogen-bond acceptors (Lipinski definition) is 7. The molecular formula is C22H36N8. The molecule has 3 fully saturated rings. The van der Waals surface area contributed by atoms with Crippen LogP contribution >= 0.6 is 0 Å². The Labute approximate surface area is 179 Å². The zero-order chi connectivity index (χ0) is 20.5. The summed E-state index contributed by atoms with van der Waals surface area (Å²) in [4.78, 5) is 20.1. The van der Waals surface area contributed by atoms with Gasteiger partial charge < -0.3 is 19.6 Å². The summed E-state index contributed by atoms with van der Waals surface area (Å²) in [5.41, 5.74) is 0.950. The molecule has 164 valence electrons. The lowest BCUT2D eigenvalue weighted by molar-refractivity contribution is 0.141. The first-order valence-electron chi connectivity index (χ1n) is 11.9. The molecule has 0 unspecified atom stereocenters. The van der Waals surface area contributed by atoms with E-state index in [0.29, 0.717) is 0 Å². The molecule has 5 heterocycles. The maximum atomic E-state index is 5.11. The van der Waals surface area contributed by atoms with Gasteiger partial charge in [0.25, 0.3) is 0 Å². The monoisotopic (exact) mass is 412 g/mol. The van der Waals surface area contributed by atoms with Gasteiger partial charge in [0.1, 0.15) is 5.82 Å². The van der Waals surface area contributed by atoms with E-state index >= 15 is 0 Å². The molecule has 0 atom stereocenters. The van der Waals surface area contributed by atoms with Gasteiger partial charge in [-0.1, -0.05) is 13.3 Å². The third kappa shape index (κ3) is 3.87. The number of piperidine rings is 2. The number of rotatable bonds is 4. The maximum Gasteiger partial charge on any atom is 0.229 e. The summed E-state index contributed by atoms with van der Waals surface area (Å²) in [5.74, 6) is 1.95. The Hall–Kier alpha value is -1.93.